The molecule has 27 heavy (non-hydrogen) atoms. The highest BCUT2D eigenvalue weighted by atomic mass is 32.1. The van der Waals surface area contributed by atoms with Gasteiger partial charge in [0, 0.05) is 18.5 Å². The summed E-state index contributed by atoms with van der Waals surface area (Å²) in [7, 11) is 0. The summed E-state index contributed by atoms with van der Waals surface area (Å²) in [4.78, 5) is 21.3. The number of thiazole rings is 1. The Labute approximate surface area is 161 Å². The Balaban J connectivity index is 1.33. The van der Waals surface area contributed by atoms with E-state index in [0.29, 0.717) is 23.9 Å². The van der Waals surface area contributed by atoms with Crippen LogP contribution in [0.2, 0.25) is 0 Å². The Hall–Kier alpha value is -2.99. The van der Waals surface area contributed by atoms with Gasteiger partial charge >= 0.3 is 0 Å². The first-order valence-corrected chi connectivity index (χ1v) is 9.63. The molecular formula is C21H19N3O2S. The number of rotatable bonds is 6. The van der Waals surface area contributed by atoms with Gasteiger partial charge in [-0.05, 0) is 31.2 Å². The van der Waals surface area contributed by atoms with Crippen molar-refractivity contribution in [2.75, 3.05) is 6.54 Å². The number of benzene rings is 2. The van der Waals surface area contributed by atoms with Crippen molar-refractivity contribution in [2.45, 2.75) is 19.8 Å². The van der Waals surface area contributed by atoms with Crippen LogP contribution in [0.4, 0.5) is 0 Å². The highest BCUT2D eigenvalue weighted by molar-refractivity contribution is 7.18. The van der Waals surface area contributed by atoms with E-state index in [-0.39, 0.29) is 12.3 Å². The molecule has 4 aromatic rings. The van der Waals surface area contributed by atoms with Crippen LogP contribution in [-0.4, -0.2) is 22.4 Å². The maximum Gasteiger partial charge on any atom is 0.226 e. The smallest absolute Gasteiger partial charge is 0.226 e. The number of carbonyl (C=O) groups excluding carboxylic acids is 1. The second-order valence-electron chi connectivity index (χ2n) is 6.24. The summed E-state index contributed by atoms with van der Waals surface area (Å²) < 4.78 is 6.88. The number of hydrogen-bond acceptors (Lipinski definition) is 5. The first-order valence-electron chi connectivity index (χ1n) is 8.82. The number of hydrogen-bond donors (Lipinski definition) is 1. The first-order chi connectivity index (χ1) is 13.2. The lowest BCUT2D eigenvalue weighted by molar-refractivity contribution is -0.120. The van der Waals surface area contributed by atoms with E-state index in [2.05, 4.69) is 21.4 Å². The zero-order valence-corrected chi connectivity index (χ0v) is 15.8. The average molecular weight is 377 g/mol. The second kappa shape index (κ2) is 7.72. The summed E-state index contributed by atoms with van der Waals surface area (Å²) in [5, 5.41) is 3.97. The van der Waals surface area contributed by atoms with Gasteiger partial charge in [-0.25, -0.2) is 9.97 Å². The van der Waals surface area contributed by atoms with Crippen LogP contribution >= 0.6 is 11.3 Å². The van der Waals surface area contributed by atoms with Gasteiger partial charge in [-0.15, -0.1) is 11.3 Å². The van der Waals surface area contributed by atoms with Gasteiger partial charge in [-0.1, -0.05) is 30.3 Å². The minimum Gasteiger partial charge on any atom is -0.441 e. The van der Waals surface area contributed by atoms with Crippen molar-refractivity contribution in [3.05, 3.63) is 71.1 Å². The average Bonchev–Trinajstić information content (AvgIpc) is 3.26. The lowest BCUT2D eigenvalue weighted by atomic mass is 10.2. The maximum atomic E-state index is 12.3. The van der Waals surface area contributed by atoms with Gasteiger partial charge in [0.2, 0.25) is 11.8 Å². The fourth-order valence-electron chi connectivity index (χ4n) is 2.85. The molecule has 136 valence electrons. The van der Waals surface area contributed by atoms with E-state index in [9.17, 15) is 4.79 Å². The summed E-state index contributed by atoms with van der Waals surface area (Å²) >= 11 is 1.67. The molecular weight excluding hydrogens is 358 g/mol. The van der Waals surface area contributed by atoms with E-state index in [1.54, 1.807) is 11.3 Å². The number of aromatic nitrogens is 2. The van der Waals surface area contributed by atoms with Crippen molar-refractivity contribution >= 4 is 27.5 Å². The van der Waals surface area contributed by atoms with Crippen LogP contribution in [0.25, 0.3) is 21.7 Å². The van der Waals surface area contributed by atoms with Crippen molar-refractivity contribution < 1.29 is 9.21 Å². The third kappa shape index (κ3) is 4.06. The number of amides is 1. The quantitative estimate of drug-likeness (QED) is 0.548. The molecule has 6 heteroatoms. The van der Waals surface area contributed by atoms with E-state index >= 15 is 0 Å². The van der Waals surface area contributed by atoms with E-state index in [1.807, 2.05) is 55.5 Å². The molecule has 0 aliphatic heterocycles. The Morgan fingerprint density at radius 1 is 1.07 bits per heavy atom. The van der Waals surface area contributed by atoms with Gasteiger partial charge in [-0.2, -0.15) is 0 Å². The molecule has 0 unspecified atom stereocenters. The first kappa shape index (κ1) is 17.4. The predicted octanol–water partition coefficient (Wildman–Crippen LogP) is 4.16. The molecule has 0 saturated heterocycles. The van der Waals surface area contributed by atoms with Crippen molar-refractivity contribution in [3.63, 3.8) is 0 Å². The molecule has 0 spiro atoms. The highest BCUT2D eigenvalue weighted by Crippen LogP contribution is 2.22. The standard InChI is InChI=1S/C21H19N3O2S/c1-14-17(24-21(26-14)15-7-3-2-4-8-15)13-19(25)22-12-11-20-23-16-9-5-6-10-18(16)27-20/h2-10H,11-13H2,1H3,(H,22,25). The molecule has 2 heterocycles. The molecule has 2 aromatic carbocycles. The summed E-state index contributed by atoms with van der Waals surface area (Å²) in [6, 6.07) is 17.7. The summed E-state index contributed by atoms with van der Waals surface area (Å²) in [6.07, 6.45) is 0.931. The molecule has 5 nitrogen and oxygen atoms in total. The Morgan fingerprint density at radius 3 is 2.67 bits per heavy atom. The molecule has 0 atom stereocenters. The van der Waals surface area contributed by atoms with Crippen LogP contribution in [0.15, 0.2) is 59.0 Å². The number of fused-ring (bicyclic) bond motifs is 1. The summed E-state index contributed by atoms with van der Waals surface area (Å²) in [5.41, 5.74) is 2.59. The van der Waals surface area contributed by atoms with Crippen molar-refractivity contribution in [1.82, 2.24) is 15.3 Å². The van der Waals surface area contributed by atoms with Crippen LogP contribution < -0.4 is 5.32 Å². The van der Waals surface area contributed by atoms with Crippen LogP contribution in [0.3, 0.4) is 0 Å². The highest BCUT2D eigenvalue weighted by Gasteiger charge is 2.14. The minimum absolute atomic E-state index is 0.0628. The molecule has 2 aromatic heterocycles. The largest absolute Gasteiger partial charge is 0.441 e. The molecule has 0 aliphatic rings. The number of para-hydroxylation sites is 1. The van der Waals surface area contributed by atoms with E-state index in [1.165, 1.54) is 4.70 Å². The van der Waals surface area contributed by atoms with Gasteiger partial charge in [0.25, 0.3) is 0 Å². The number of aryl methyl sites for hydroxylation is 1. The summed E-state index contributed by atoms with van der Waals surface area (Å²) in [5.74, 6) is 1.16. The molecule has 0 aliphatic carbocycles. The van der Waals surface area contributed by atoms with Crippen LogP contribution in [0.5, 0.6) is 0 Å². The Kier molecular flexibility index (Phi) is 4.98. The van der Waals surface area contributed by atoms with Crippen LogP contribution in [0.1, 0.15) is 16.5 Å². The van der Waals surface area contributed by atoms with Crippen molar-refractivity contribution in [3.8, 4) is 11.5 Å². The molecule has 1 N–H and O–H groups in total. The van der Waals surface area contributed by atoms with E-state index in [4.69, 9.17) is 4.42 Å². The molecule has 0 bridgehead atoms. The Bertz CT molecular complexity index is 1040. The van der Waals surface area contributed by atoms with Crippen molar-refractivity contribution in [1.29, 1.82) is 0 Å². The zero-order valence-electron chi connectivity index (χ0n) is 14.9. The van der Waals surface area contributed by atoms with Crippen molar-refractivity contribution in [2.24, 2.45) is 0 Å². The normalized spacial score (nSPS) is 11.0. The molecule has 0 radical (unpaired) electrons. The van der Waals surface area contributed by atoms with Gasteiger partial charge in [0.05, 0.1) is 27.3 Å². The number of nitrogens with zero attached hydrogens (tertiary/aromatic N) is 2. The predicted molar refractivity (Wildman–Crippen MR) is 107 cm³/mol. The van der Waals surface area contributed by atoms with E-state index < -0.39 is 0 Å². The van der Waals surface area contributed by atoms with Crippen LogP contribution in [-0.2, 0) is 17.6 Å². The van der Waals surface area contributed by atoms with Gasteiger partial charge in [-0.3, -0.25) is 4.79 Å². The molecule has 0 saturated carbocycles. The SMILES string of the molecule is Cc1oc(-c2ccccc2)nc1CC(=O)NCCc1nc2ccccc2s1. The van der Waals surface area contributed by atoms with Crippen LogP contribution in [0, 0.1) is 6.92 Å². The van der Waals surface area contributed by atoms with Gasteiger partial charge in [0.1, 0.15) is 5.76 Å². The zero-order chi connectivity index (χ0) is 18.6. The lowest BCUT2D eigenvalue weighted by Crippen LogP contribution is -2.27. The number of carbonyl (C=O) groups is 1. The number of oxazole rings is 1. The third-order valence-electron chi connectivity index (χ3n) is 4.24. The minimum atomic E-state index is -0.0628. The summed E-state index contributed by atoms with van der Waals surface area (Å²) in [6.45, 7) is 2.39. The third-order valence-corrected chi connectivity index (χ3v) is 5.34. The number of nitrogens with one attached hydrogen (secondary N) is 1. The van der Waals surface area contributed by atoms with Gasteiger partial charge in [0.15, 0.2) is 0 Å². The second-order valence-corrected chi connectivity index (χ2v) is 7.36. The monoisotopic (exact) mass is 377 g/mol. The fraction of sp³-hybridized carbons (Fsp3) is 0.190. The maximum absolute atomic E-state index is 12.3. The lowest BCUT2D eigenvalue weighted by Gasteiger charge is -2.02. The van der Waals surface area contributed by atoms with E-state index in [0.717, 1.165) is 22.5 Å². The van der Waals surface area contributed by atoms with Gasteiger partial charge < -0.3 is 9.73 Å². The topological polar surface area (TPSA) is 68.0 Å². The fourth-order valence-corrected chi connectivity index (χ4v) is 3.81. The Morgan fingerprint density at radius 2 is 1.85 bits per heavy atom. The molecule has 0 fully saturated rings. The molecule has 4 rings (SSSR count). The molecule has 1 amide bonds.